The molecule has 4 unspecified atom stereocenters. The van der Waals surface area contributed by atoms with E-state index >= 15 is 0 Å². The van der Waals surface area contributed by atoms with Crippen molar-refractivity contribution in [3.8, 4) is 0 Å². The van der Waals surface area contributed by atoms with E-state index < -0.39 is 0 Å². The van der Waals surface area contributed by atoms with Crippen LogP contribution in [-0.2, 0) is 4.74 Å². The molecule has 1 aliphatic heterocycles. The summed E-state index contributed by atoms with van der Waals surface area (Å²) in [5.41, 5.74) is 0. The van der Waals surface area contributed by atoms with Crippen LogP contribution in [0.15, 0.2) is 0 Å². The molecule has 2 aliphatic rings. The van der Waals surface area contributed by atoms with E-state index in [-0.39, 0.29) is 12.1 Å². The second-order valence-electron chi connectivity index (χ2n) is 4.90. The van der Waals surface area contributed by atoms with Crippen LogP contribution >= 0.6 is 0 Å². The fraction of sp³-hybridized carbons (Fsp3) is 1.00. The molecule has 0 radical (unpaired) electrons. The number of rotatable bonds is 3. The lowest BCUT2D eigenvalue weighted by Gasteiger charge is -2.17. The molecule has 0 aromatic heterocycles. The molecule has 2 rings (SSSR count). The summed E-state index contributed by atoms with van der Waals surface area (Å²) in [6.07, 6.45) is 3.76. The van der Waals surface area contributed by atoms with Crippen LogP contribution in [0.5, 0.6) is 0 Å². The molecule has 0 bridgehead atoms. The molecule has 1 saturated carbocycles. The third-order valence-electron chi connectivity index (χ3n) is 3.52. The second kappa shape index (κ2) is 4.60. The fourth-order valence-corrected chi connectivity index (χ4v) is 2.57. The first kappa shape index (κ1) is 10.4. The normalized spacial score (nSPS) is 43.3. The summed E-state index contributed by atoms with van der Waals surface area (Å²) in [6.45, 7) is 4.55. The Bertz CT molecular complexity index is 186. The average molecular weight is 199 g/mol. The Labute approximate surface area is 85.8 Å². The summed E-state index contributed by atoms with van der Waals surface area (Å²) < 4.78 is 5.19. The van der Waals surface area contributed by atoms with E-state index in [1.54, 1.807) is 0 Å². The molecule has 2 N–H and O–H groups in total. The summed E-state index contributed by atoms with van der Waals surface area (Å²) in [5, 5.41) is 12.9. The van der Waals surface area contributed by atoms with Gasteiger partial charge in [-0.2, -0.15) is 0 Å². The molecule has 3 heteroatoms. The Morgan fingerprint density at radius 1 is 1.36 bits per heavy atom. The molecule has 0 aromatic carbocycles. The molecule has 14 heavy (non-hydrogen) atoms. The highest BCUT2D eigenvalue weighted by molar-refractivity contribution is 4.83. The van der Waals surface area contributed by atoms with Gasteiger partial charge in [0, 0.05) is 0 Å². The zero-order valence-electron chi connectivity index (χ0n) is 8.91. The zero-order chi connectivity index (χ0) is 9.97. The van der Waals surface area contributed by atoms with Gasteiger partial charge in [0.1, 0.15) is 0 Å². The Balaban J connectivity index is 1.67. The molecule has 1 aliphatic carbocycles. The molecule has 0 aromatic rings. The van der Waals surface area contributed by atoms with Crippen LogP contribution in [0.4, 0.5) is 0 Å². The third kappa shape index (κ3) is 2.47. The average Bonchev–Trinajstić information content (AvgIpc) is 2.72. The molecule has 82 valence electrons. The number of aliphatic hydroxyl groups is 1. The van der Waals surface area contributed by atoms with Crippen molar-refractivity contribution in [1.29, 1.82) is 0 Å². The molecule has 1 heterocycles. The number of aliphatic hydroxyl groups excluding tert-OH is 1. The quantitative estimate of drug-likeness (QED) is 0.705. The first-order valence-electron chi connectivity index (χ1n) is 5.75. The van der Waals surface area contributed by atoms with E-state index in [0.29, 0.717) is 13.2 Å². The lowest BCUT2D eigenvalue weighted by atomic mass is 10.1. The molecule has 0 spiro atoms. The number of nitrogens with one attached hydrogen (secondary N) is 1. The summed E-state index contributed by atoms with van der Waals surface area (Å²) in [7, 11) is 0. The Kier molecular flexibility index (Phi) is 3.42. The molecule has 0 amide bonds. The summed E-state index contributed by atoms with van der Waals surface area (Å²) in [6, 6.07) is 0.172. The highest BCUT2D eigenvalue weighted by Gasteiger charge is 2.27. The van der Waals surface area contributed by atoms with Gasteiger partial charge in [-0.1, -0.05) is 13.3 Å². The Morgan fingerprint density at radius 2 is 2.21 bits per heavy atom. The molecule has 1 saturated heterocycles. The SMILES string of the molecule is CC1CCC(CNC2COCC2O)C1. The zero-order valence-corrected chi connectivity index (χ0v) is 8.91. The van der Waals surface area contributed by atoms with E-state index in [0.717, 1.165) is 18.4 Å². The summed E-state index contributed by atoms with van der Waals surface area (Å²) >= 11 is 0. The lowest BCUT2D eigenvalue weighted by Crippen LogP contribution is -2.40. The van der Waals surface area contributed by atoms with E-state index in [2.05, 4.69) is 12.2 Å². The summed E-state index contributed by atoms with van der Waals surface area (Å²) in [5.74, 6) is 1.71. The standard InChI is InChI=1S/C11H21NO2/c1-8-2-3-9(4-8)5-12-10-6-14-7-11(10)13/h8-13H,2-7H2,1H3. The van der Waals surface area contributed by atoms with Crippen molar-refractivity contribution < 1.29 is 9.84 Å². The third-order valence-corrected chi connectivity index (χ3v) is 3.52. The maximum atomic E-state index is 9.53. The number of ether oxygens (including phenoxy) is 1. The molecular weight excluding hydrogens is 178 g/mol. The highest BCUT2D eigenvalue weighted by Crippen LogP contribution is 2.29. The van der Waals surface area contributed by atoms with Crippen LogP contribution in [0.25, 0.3) is 0 Å². The van der Waals surface area contributed by atoms with Crippen molar-refractivity contribution in [2.75, 3.05) is 19.8 Å². The molecule has 3 nitrogen and oxygen atoms in total. The van der Waals surface area contributed by atoms with Gasteiger partial charge in [-0.3, -0.25) is 0 Å². The molecular formula is C11H21NO2. The first-order valence-corrected chi connectivity index (χ1v) is 5.75. The van der Waals surface area contributed by atoms with Crippen LogP contribution in [0.1, 0.15) is 26.2 Å². The van der Waals surface area contributed by atoms with Gasteiger partial charge in [-0.15, -0.1) is 0 Å². The summed E-state index contributed by atoms with van der Waals surface area (Å²) in [4.78, 5) is 0. The van der Waals surface area contributed by atoms with Crippen LogP contribution in [-0.4, -0.2) is 37.0 Å². The minimum Gasteiger partial charge on any atom is -0.389 e. The van der Waals surface area contributed by atoms with Gasteiger partial charge in [0.15, 0.2) is 0 Å². The predicted octanol–water partition coefficient (Wildman–Crippen LogP) is 0.772. The number of hydrogen-bond acceptors (Lipinski definition) is 3. The number of hydrogen-bond donors (Lipinski definition) is 2. The minimum absolute atomic E-state index is 0.172. The van der Waals surface area contributed by atoms with E-state index in [1.165, 1.54) is 19.3 Å². The maximum absolute atomic E-state index is 9.53. The van der Waals surface area contributed by atoms with Crippen LogP contribution in [0, 0.1) is 11.8 Å². The van der Waals surface area contributed by atoms with Gasteiger partial charge in [-0.05, 0) is 31.2 Å². The monoisotopic (exact) mass is 199 g/mol. The van der Waals surface area contributed by atoms with Gasteiger partial charge in [0.2, 0.25) is 0 Å². The van der Waals surface area contributed by atoms with Crippen LogP contribution in [0.3, 0.4) is 0 Å². The topological polar surface area (TPSA) is 41.5 Å². The second-order valence-corrected chi connectivity index (χ2v) is 4.90. The van der Waals surface area contributed by atoms with Crippen molar-refractivity contribution >= 4 is 0 Å². The largest absolute Gasteiger partial charge is 0.389 e. The van der Waals surface area contributed by atoms with Crippen molar-refractivity contribution in [1.82, 2.24) is 5.32 Å². The van der Waals surface area contributed by atoms with Crippen molar-refractivity contribution in [2.24, 2.45) is 11.8 Å². The van der Waals surface area contributed by atoms with Gasteiger partial charge >= 0.3 is 0 Å². The van der Waals surface area contributed by atoms with Crippen molar-refractivity contribution in [3.05, 3.63) is 0 Å². The van der Waals surface area contributed by atoms with Gasteiger partial charge in [0.25, 0.3) is 0 Å². The fourth-order valence-electron chi connectivity index (χ4n) is 2.57. The Hall–Kier alpha value is -0.120. The predicted molar refractivity (Wildman–Crippen MR) is 55.1 cm³/mol. The van der Waals surface area contributed by atoms with Gasteiger partial charge < -0.3 is 15.2 Å². The molecule has 2 fully saturated rings. The first-order chi connectivity index (χ1) is 6.75. The lowest BCUT2D eigenvalue weighted by molar-refractivity contribution is 0.122. The van der Waals surface area contributed by atoms with E-state index in [4.69, 9.17) is 4.74 Å². The highest BCUT2D eigenvalue weighted by atomic mass is 16.5. The van der Waals surface area contributed by atoms with Crippen molar-refractivity contribution in [3.63, 3.8) is 0 Å². The molecule has 4 atom stereocenters. The van der Waals surface area contributed by atoms with Crippen molar-refractivity contribution in [2.45, 2.75) is 38.3 Å². The Morgan fingerprint density at radius 3 is 2.79 bits per heavy atom. The van der Waals surface area contributed by atoms with Crippen LogP contribution < -0.4 is 5.32 Å². The van der Waals surface area contributed by atoms with Crippen LogP contribution in [0.2, 0.25) is 0 Å². The van der Waals surface area contributed by atoms with Gasteiger partial charge in [-0.25, -0.2) is 0 Å². The minimum atomic E-state index is -0.297. The maximum Gasteiger partial charge on any atom is 0.0948 e. The van der Waals surface area contributed by atoms with E-state index in [1.807, 2.05) is 0 Å². The smallest absolute Gasteiger partial charge is 0.0948 e. The van der Waals surface area contributed by atoms with E-state index in [9.17, 15) is 5.11 Å². The van der Waals surface area contributed by atoms with Gasteiger partial charge in [0.05, 0.1) is 25.4 Å².